The van der Waals surface area contributed by atoms with E-state index in [4.69, 9.17) is 0 Å². The summed E-state index contributed by atoms with van der Waals surface area (Å²) in [7, 11) is 0. The highest BCUT2D eigenvalue weighted by Crippen LogP contribution is 2.24. The summed E-state index contributed by atoms with van der Waals surface area (Å²) in [5.74, 6) is 0.161. The first kappa shape index (κ1) is 13.8. The molecule has 0 bridgehead atoms. The predicted octanol–water partition coefficient (Wildman–Crippen LogP) is 2.30. The number of nitrogens with zero attached hydrogens (tertiary/aromatic N) is 1. The van der Waals surface area contributed by atoms with Crippen molar-refractivity contribution in [1.29, 1.82) is 0 Å². The molecule has 1 aromatic rings. The summed E-state index contributed by atoms with van der Waals surface area (Å²) in [6.07, 6.45) is 3.76. The number of fused-ring (bicyclic) bond motifs is 1. The Kier molecular flexibility index (Phi) is 4.74. The average Bonchev–Trinajstić information content (AvgIpc) is 2.46. The van der Waals surface area contributed by atoms with Gasteiger partial charge in [0.1, 0.15) is 6.04 Å². The monoisotopic (exact) mass is 258 g/mol. The van der Waals surface area contributed by atoms with Crippen molar-refractivity contribution >= 4 is 5.91 Å². The number of amides is 1. The molecule has 1 aliphatic heterocycles. The van der Waals surface area contributed by atoms with E-state index in [-0.39, 0.29) is 11.9 Å². The molecule has 1 heterocycles. The molecule has 0 fully saturated rings. The molecule has 1 aromatic carbocycles. The first-order valence-electron chi connectivity index (χ1n) is 6.98. The van der Waals surface area contributed by atoms with Crippen LogP contribution in [0, 0.1) is 0 Å². The highest BCUT2D eigenvalue weighted by atomic mass is 16.2. The fourth-order valence-electron chi connectivity index (χ4n) is 2.62. The van der Waals surface area contributed by atoms with Gasteiger partial charge in [0.15, 0.2) is 0 Å². The van der Waals surface area contributed by atoms with Crippen LogP contribution in [0.15, 0.2) is 36.9 Å². The standard InChI is InChI=1S/C16H22N2O/c1-3-11-18(12-4-2)16(19)15-14-8-6-5-7-13(14)9-10-17-15/h3,5-8,15,17H,1,4,9-12H2,2H3. The third-order valence-electron chi connectivity index (χ3n) is 3.51. The molecule has 0 saturated heterocycles. The molecular formula is C16H22N2O. The molecule has 1 atom stereocenters. The second-order valence-electron chi connectivity index (χ2n) is 4.91. The molecule has 0 aromatic heterocycles. The van der Waals surface area contributed by atoms with Gasteiger partial charge in [0.25, 0.3) is 0 Å². The summed E-state index contributed by atoms with van der Waals surface area (Å²) >= 11 is 0. The molecule has 0 radical (unpaired) electrons. The number of hydrogen-bond acceptors (Lipinski definition) is 2. The molecule has 3 heteroatoms. The molecule has 1 aliphatic rings. The summed E-state index contributed by atoms with van der Waals surface area (Å²) < 4.78 is 0. The van der Waals surface area contributed by atoms with Crippen molar-refractivity contribution in [2.75, 3.05) is 19.6 Å². The summed E-state index contributed by atoms with van der Waals surface area (Å²) in [5, 5.41) is 3.35. The first-order chi connectivity index (χ1) is 9.27. The Bertz CT molecular complexity index is 456. The van der Waals surface area contributed by atoms with E-state index in [0.29, 0.717) is 6.54 Å². The highest BCUT2D eigenvalue weighted by molar-refractivity contribution is 5.84. The Labute approximate surface area is 115 Å². The summed E-state index contributed by atoms with van der Waals surface area (Å²) in [6, 6.07) is 8.02. The number of carbonyl (C=O) groups excluding carboxylic acids is 1. The minimum Gasteiger partial charge on any atom is -0.337 e. The Morgan fingerprint density at radius 3 is 3.05 bits per heavy atom. The smallest absolute Gasteiger partial charge is 0.244 e. The van der Waals surface area contributed by atoms with Crippen LogP contribution in [0.2, 0.25) is 0 Å². The van der Waals surface area contributed by atoms with E-state index in [0.717, 1.165) is 31.5 Å². The third-order valence-corrected chi connectivity index (χ3v) is 3.51. The number of rotatable bonds is 5. The highest BCUT2D eigenvalue weighted by Gasteiger charge is 2.28. The zero-order chi connectivity index (χ0) is 13.7. The van der Waals surface area contributed by atoms with E-state index in [1.807, 2.05) is 17.0 Å². The predicted molar refractivity (Wildman–Crippen MR) is 78.0 cm³/mol. The molecule has 3 nitrogen and oxygen atoms in total. The Balaban J connectivity index is 2.21. The van der Waals surface area contributed by atoms with Gasteiger partial charge in [-0.3, -0.25) is 4.79 Å². The molecule has 1 N–H and O–H groups in total. The Morgan fingerprint density at radius 2 is 2.32 bits per heavy atom. The minimum atomic E-state index is -0.198. The van der Waals surface area contributed by atoms with Crippen molar-refractivity contribution in [1.82, 2.24) is 10.2 Å². The van der Waals surface area contributed by atoms with E-state index in [2.05, 4.69) is 31.0 Å². The summed E-state index contributed by atoms with van der Waals surface area (Å²) in [4.78, 5) is 14.5. The van der Waals surface area contributed by atoms with Crippen molar-refractivity contribution in [3.8, 4) is 0 Å². The maximum absolute atomic E-state index is 12.7. The fourth-order valence-corrected chi connectivity index (χ4v) is 2.62. The van der Waals surface area contributed by atoms with Gasteiger partial charge in [0.2, 0.25) is 5.91 Å². The Morgan fingerprint density at radius 1 is 1.53 bits per heavy atom. The van der Waals surface area contributed by atoms with Crippen LogP contribution in [0.4, 0.5) is 0 Å². The van der Waals surface area contributed by atoms with Crippen molar-refractivity contribution < 1.29 is 4.79 Å². The lowest BCUT2D eigenvalue weighted by Crippen LogP contribution is -2.44. The van der Waals surface area contributed by atoms with E-state index >= 15 is 0 Å². The Hall–Kier alpha value is -1.61. The minimum absolute atomic E-state index is 0.161. The van der Waals surface area contributed by atoms with Gasteiger partial charge in [-0.15, -0.1) is 6.58 Å². The number of carbonyl (C=O) groups is 1. The molecule has 2 rings (SSSR count). The zero-order valence-corrected chi connectivity index (χ0v) is 11.6. The molecule has 19 heavy (non-hydrogen) atoms. The normalized spacial score (nSPS) is 17.6. The first-order valence-corrected chi connectivity index (χ1v) is 6.98. The van der Waals surface area contributed by atoms with Gasteiger partial charge in [-0.05, 0) is 24.0 Å². The van der Waals surface area contributed by atoms with Crippen LogP contribution in [0.3, 0.4) is 0 Å². The quantitative estimate of drug-likeness (QED) is 0.822. The molecular weight excluding hydrogens is 236 g/mol. The second-order valence-corrected chi connectivity index (χ2v) is 4.91. The number of benzene rings is 1. The topological polar surface area (TPSA) is 32.3 Å². The van der Waals surface area contributed by atoms with Crippen LogP contribution in [-0.4, -0.2) is 30.4 Å². The lowest BCUT2D eigenvalue weighted by molar-refractivity contribution is -0.133. The molecule has 1 unspecified atom stereocenters. The van der Waals surface area contributed by atoms with Crippen molar-refractivity contribution in [3.63, 3.8) is 0 Å². The van der Waals surface area contributed by atoms with Gasteiger partial charge in [-0.2, -0.15) is 0 Å². The lowest BCUT2D eigenvalue weighted by Gasteiger charge is -2.31. The van der Waals surface area contributed by atoms with E-state index in [1.54, 1.807) is 6.08 Å². The van der Waals surface area contributed by atoms with Crippen LogP contribution in [0.1, 0.15) is 30.5 Å². The van der Waals surface area contributed by atoms with E-state index < -0.39 is 0 Å². The SMILES string of the molecule is C=CCN(CCC)C(=O)C1NCCc2ccccc21. The van der Waals surface area contributed by atoms with Gasteiger partial charge >= 0.3 is 0 Å². The van der Waals surface area contributed by atoms with Crippen LogP contribution < -0.4 is 5.32 Å². The van der Waals surface area contributed by atoms with Crippen LogP contribution in [0.25, 0.3) is 0 Å². The summed E-state index contributed by atoms with van der Waals surface area (Å²) in [6.45, 7) is 8.09. The zero-order valence-electron chi connectivity index (χ0n) is 11.6. The van der Waals surface area contributed by atoms with Crippen molar-refractivity contribution in [2.24, 2.45) is 0 Å². The number of hydrogen-bond donors (Lipinski definition) is 1. The molecule has 0 aliphatic carbocycles. The average molecular weight is 258 g/mol. The molecule has 1 amide bonds. The molecule has 102 valence electrons. The lowest BCUT2D eigenvalue weighted by atomic mass is 9.93. The molecule has 0 saturated carbocycles. The maximum atomic E-state index is 12.7. The van der Waals surface area contributed by atoms with Crippen molar-refractivity contribution in [2.45, 2.75) is 25.8 Å². The summed E-state index contributed by atoms with van der Waals surface area (Å²) in [5.41, 5.74) is 2.42. The third kappa shape index (κ3) is 3.04. The van der Waals surface area contributed by atoms with Crippen molar-refractivity contribution in [3.05, 3.63) is 48.0 Å². The van der Waals surface area contributed by atoms with Crippen LogP contribution >= 0.6 is 0 Å². The van der Waals surface area contributed by atoms with Gasteiger partial charge in [0.05, 0.1) is 0 Å². The van der Waals surface area contributed by atoms with Gasteiger partial charge in [-0.1, -0.05) is 37.3 Å². The van der Waals surface area contributed by atoms with Crippen LogP contribution in [0.5, 0.6) is 0 Å². The van der Waals surface area contributed by atoms with Gasteiger partial charge in [-0.25, -0.2) is 0 Å². The van der Waals surface area contributed by atoms with Crippen LogP contribution in [-0.2, 0) is 11.2 Å². The number of nitrogens with one attached hydrogen (secondary N) is 1. The van der Waals surface area contributed by atoms with E-state index in [1.165, 1.54) is 5.56 Å². The largest absolute Gasteiger partial charge is 0.337 e. The van der Waals surface area contributed by atoms with Gasteiger partial charge in [0, 0.05) is 19.6 Å². The second kappa shape index (κ2) is 6.53. The van der Waals surface area contributed by atoms with E-state index in [9.17, 15) is 4.79 Å². The fraction of sp³-hybridized carbons (Fsp3) is 0.438. The maximum Gasteiger partial charge on any atom is 0.244 e. The van der Waals surface area contributed by atoms with Gasteiger partial charge < -0.3 is 10.2 Å². The molecule has 0 spiro atoms.